The standard InChI is InChI=1S/C6H9N3O2/c1-8-3-4(9(2)7)6(11)5(3)10/h8H,7H2,1-2H3. The van der Waals surface area contributed by atoms with Gasteiger partial charge < -0.3 is 10.3 Å². The Morgan fingerprint density at radius 2 is 1.91 bits per heavy atom. The molecule has 0 bridgehead atoms. The van der Waals surface area contributed by atoms with Gasteiger partial charge >= 0.3 is 0 Å². The first kappa shape index (κ1) is 7.74. The predicted octanol–water partition coefficient (Wildman–Crippen LogP) is -1.37. The second kappa shape index (κ2) is 2.35. The number of anilines is 2. The first-order valence-electron chi connectivity index (χ1n) is 3.09. The molecule has 0 heterocycles. The number of nitrogens with zero attached hydrogens (tertiary/aromatic N) is 1. The van der Waals surface area contributed by atoms with Crippen LogP contribution in [0.2, 0.25) is 0 Å². The van der Waals surface area contributed by atoms with Crippen LogP contribution in [0.1, 0.15) is 0 Å². The SMILES string of the molecule is CNc1c(N(C)N)c(=O)c1=O. The van der Waals surface area contributed by atoms with Crippen LogP contribution in [0.25, 0.3) is 0 Å². The second-order valence-electron chi connectivity index (χ2n) is 2.24. The van der Waals surface area contributed by atoms with Crippen molar-refractivity contribution >= 4 is 11.4 Å². The van der Waals surface area contributed by atoms with E-state index in [0.717, 1.165) is 5.01 Å². The van der Waals surface area contributed by atoms with E-state index in [2.05, 4.69) is 5.32 Å². The monoisotopic (exact) mass is 155 g/mol. The zero-order chi connectivity index (χ0) is 8.59. The third-order valence-corrected chi connectivity index (χ3v) is 1.49. The highest BCUT2D eigenvalue weighted by Crippen LogP contribution is 2.14. The Bertz CT molecular complexity index is 335. The number of hydrazine groups is 1. The third kappa shape index (κ3) is 0.894. The molecule has 0 fully saturated rings. The molecule has 0 amide bonds. The van der Waals surface area contributed by atoms with Crippen molar-refractivity contribution in [1.29, 1.82) is 0 Å². The molecule has 0 unspecified atom stereocenters. The molecular formula is C6H9N3O2. The normalized spacial score (nSPS) is 10.1. The van der Waals surface area contributed by atoms with Gasteiger partial charge in [0.05, 0.1) is 0 Å². The zero-order valence-corrected chi connectivity index (χ0v) is 6.34. The minimum Gasteiger partial charge on any atom is -0.383 e. The summed E-state index contributed by atoms with van der Waals surface area (Å²) in [4.78, 5) is 21.6. The van der Waals surface area contributed by atoms with Crippen molar-refractivity contribution in [3.8, 4) is 0 Å². The Hall–Kier alpha value is -1.36. The lowest BCUT2D eigenvalue weighted by Gasteiger charge is -2.16. The molecule has 1 rings (SSSR count). The highest BCUT2D eigenvalue weighted by atomic mass is 16.2. The largest absolute Gasteiger partial charge is 0.383 e. The summed E-state index contributed by atoms with van der Waals surface area (Å²) < 4.78 is 0. The van der Waals surface area contributed by atoms with Crippen LogP contribution in [0, 0.1) is 0 Å². The van der Waals surface area contributed by atoms with Crippen molar-refractivity contribution in [3.05, 3.63) is 20.4 Å². The Balaban J connectivity index is 3.19. The first-order chi connectivity index (χ1) is 5.09. The van der Waals surface area contributed by atoms with Gasteiger partial charge in [0.15, 0.2) is 0 Å². The van der Waals surface area contributed by atoms with Gasteiger partial charge in [0.25, 0.3) is 10.9 Å². The maximum Gasteiger partial charge on any atom is 0.254 e. The van der Waals surface area contributed by atoms with Crippen LogP contribution in [0.4, 0.5) is 11.4 Å². The Morgan fingerprint density at radius 3 is 2.18 bits per heavy atom. The van der Waals surface area contributed by atoms with Crippen LogP contribution in [-0.2, 0) is 0 Å². The van der Waals surface area contributed by atoms with E-state index in [1.807, 2.05) is 0 Å². The Labute approximate surface area is 63.1 Å². The summed E-state index contributed by atoms with van der Waals surface area (Å²) in [5, 5.41) is 3.74. The van der Waals surface area contributed by atoms with Crippen LogP contribution in [0.15, 0.2) is 9.59 Å². The van der Waals surface area contributed by atoms with Crippen molar-refractivity contribution in [2.75, 3.05) is 24.4 Å². The van der Waals surface area contributed by atoms with Gasteiger partial charge in [-0.1, -0.05) is 0 Å². The van der Waals surface area contributed by atoms with Crippen LogP contribution in [0.5, 0.6) is 0 Å². The van der Waals surface area contributed by atoms with Gasteiger partial charge in [0, 0.05) is 14.1 Å². The third-order valence-electron chi connectivity index (χ3n) is 1.49. The minimum absolute atomic E-state index is 0.248. The summed E-state index contributed by atoms with van der Waals surface area (Å²) in [5.74, 6) is 5.28. The summed E-state index contributed by atoms with van der Waals surface area (Å²) in [7, 11) is 3.08. The molecule has 0 aromatic heterocycles. The maximum atomic E-state index is 10.8. The zero-order valence-electron chi connectivity index (χ0n) is 6.34. The molecule has 0 aliphatic rings. The van der Waals surface area contributed by atoms with E-state index in [1.165, 1.54) is 7.05 Å². The lowest BCUT2D eigenvalue weighted by atomic mass is 10.2. The second-order valence-corrected chi connectivity index (χ2v) is 2.24. The lowest BCUT2D eigenvalue weighted by Crippen LogP contribution is -2.43. The summed E-state index contributed by atoms with van der Waals surface area (Å²) in [6, 6.07) is 0. The number of hydrogen-bond acceptors (Lipinski definition) is 5. The van der Waals surface area contributed by atoms with E-state index in [-0.39, 0.29) is 5.69 Å². The van der Waals surface area contributed by atoms with Crippen molar-refractivity contribution in [1.82, 2.24) is 0 Å². The van der Waals surface area contributed by atoms with Crippen LogP contribution in [-0.4, -0.2) is 14.1 Å². The van der Waals surface area contributed by atoms with Gasteiger partial charge in [-0.3, -0.25) is 9.59 Å². The summed E-state index contributed by atoms with van der Waals surface area (Å²) in [6.07, 6.45) is 0. The molecule has 0 saturated heterocycles. The molecule has 5 nitrogen and oxygen atoms in total. The topological polar surface area (TPSA) is 75.4 Å². The van der Waals surface area contributed by atoms with Gasteiger partial charge in [0.2, 0.25) is 0 Å². The van der Waals surface area contributed by atoms with Crippen LogP contribution >= 0.6 is 0 Å². The van der Waals surface area contributed by atoms with E-state index >= 15 is 0 Å². The van der Waals surface area contributed by atoms with Gasteiger partial charge in [-0.05, 0) is 0 Å². The average Bonchev–Trinajstić information content (AvgIpc) is 1.96. The molecule has 60 valence electrons. The molecule has 1 aromatic rings. The number of rotatable bonds is 2. The summed E-state index contributed by atoms with van der Waals surface area (Å²) in [5.41, 5.74) is -0.489. The van der Waals surface area contributed by atoms with Crippen molar-refractivity contribution < 1.29 is 0 Å². The van der Waals surface area contributed by atoms with Gasteiger partial charge in [-0.2, -0.15) is 0 Å². The summed E-state index contributed by atoms with van der Waals surface area (Å²) >= 11 is 0. The molecule has 5 heteroatoms. The van der Waals surface area contributed by atoms with E-state index in [1.54, 1.807) is 7.05 Å². The van der Waals surface area contributed by atoms with Gasteiger partial charge in [-0.15, -0.1) is 0 Å². The molecule has 0 atom stereocenters. The van der Waals surface area contributed by atoms with Crippen molar-refractivity contribution in [2.24, 2.45) is 5.84 Å². The highest BCUT2D eigenvalue weighted by molar-refractivity contribution is 5.73. The lowest BCUT2D eigenvalue weighted by molar-refractivity contribution is 0.995. The maximum absolute atomic E-state index is 10.8. The van der Waals surface area contributed by atoms with Crippen molar-refractivity contribution in [2.45, 2.75) is 0 Å². The van der Waals surface area contributed by atoms with Crippen LogP contribution < -0.4 is 27.0 Å². The first-order valence-corrected chi connectivity index (χ1v) is 3.09. The fourth-order valence-electron chi connectivity index (χ4n) is 0.948. The Morgan fingerprint density at radius 1 is 1.36 bits per heavy atom. The van der Waals surface area contributed by atoms with E-state index in [4.69, 9.17) is 5.84 Å². The summed E-state index contributed by atoms with van der Waals surface area (Å²) in [6.45, 7) is 0. The fourth-order valence-corrected chi connectivity index (χ4v) is 0.948. The Kier molecular flexibility index (Phi) is 1.66. The molecular weight excluding hydrogens is 146 g/mol. The predicted molar refractivity (Wildman–Crippen MR) is 43.5 cm³/mol. The average molecular weight is 155 g/mol. The fraction of sp³-hybridized carbons (Fsp3) is 0.333. The van der Waals surface area contributed by atoms with Crippen molar-refractivity contribution in [3.63, 3.8) is 0 Å². The van der Waals surface area contributed by atoms with Gasteiger partial charge in [0.1, 0.15) is 11.4 Å². The smallest absolute Gasteiger partial charge is 0.254 e. The van der Waals surface area contributed by atoms with Crippen LogP contribution in [0.3, 0.4) is 0 Å². The quantitative estimate of drug-likeness (QED) is 0.313. The molecule has 0 saturated carbocycles. The van der Waals surface area contributed by atoms with E-state index in [0.29, 0.717) is 5.69 Å². The molecule has 3 N–H and O–H groups in total. The molecule has 0 aliphatic carbocycles. The molecule has 0 aliphatic heterocycles. The number of hydrogen-bond donors (Lipinski definition) is 2. The molecule has 0 spiro atoms. The van der Waals surface area contributed by atoms with E-state index in [9.17, 15) is 9.59 Å². The van der Waals surface area contributed by atoms with E-state index < -0.39 is 10.9 Å². The number of nitrogens with two attached hydrogens (primary N) is 1. The molecule has 1 aromatic carbocycles. The number of nitrogens with one attached hydrogen (secondary N) is 1. The highest BCUT2D eigenvalue weighted by Gasteiger charge is 2.21. The van der Waals surface area contributed by atoms with Gasteiger partial charge in [-0.25, -0.2) is 5.84 Å². The molecule has 11 heavy (non-hydrogen) atoms. The minimum atomic E-state index is -0.528. The molecule has 0 radical (unpaired) electrons.